The van der Waals surface area contributed by atoms with Gasteiger partial charge in [-0.1, -0.05) is 6.08 Å². The van der Waals surface area contributed by atoms with E-state index in [4.69, 9.17) is 4.74 Å². The molecule has 1 N–H and O–H groups in total. The van der Waals surface area contributed by atoms with Gasteiger partial charge in [0.15, 0.2) is 0 Å². The number of ether oxygens (including phenoxy) is 1. The van der Waals surface area contributed by atoms with Gasteiger partial charge in [0.05, 0.1) is 13.2 Å². The van der Waals surface area contributed by atoms with Gasteiger partial charge in [-0.05, 0) is 12.5 Å². The number of nitrogens with one attached hydrogen (secondary N) is 1. The van der Waals surface area contributed by atoms with Crippen molar-refractivity contribution in [3.8, 4) is 0 Å². The molecular formula is C12H23N3O. The largest absolute Gasteiger partial charge is 0.379 e. The van der Waals surface area contributed by atoms with Crippen LogP contribution in [0.4, 0.5) is 0 Å². The van der Waals surface area contributed by atoms with Crippen LogP contribution in [-0.2, 0) is 4.74 Å². The fourth-order valence-corrected chi connectivity index (χ4v) is 2.25. The van der Waals surface area contributed by atoms with Crippen LogP contribution in [0.3, 0.4) is 0 Å². The second-order valence-corrected chi connectivity index (χ2v) is 4.55. The van der Waals surface area contributed by atoms with Crippen LogP contribution in [0.5, 0.6) is 0 Å². The molecule has 0 spiro atoms. The van der Waals surface area contributed by atoms with Crippen LogP contribution in [0.1, 0.15) is 6.92 Å². The highest BCUT2D eigenvalue weighted by Gasteiger charge is 2.15. The van der Waals surface area contributed by atoms with E-state index in [2.05, 4.69) is 28.1 Å². The predicted molar refractivity (Wildman–Crippen MR) is 65.5 cm³/mol. The van der Waals surface area contributed by atoms with Crippen LogP contribution in [0, 0.1) is 0 Å². The Hall–Kier alpha value is -0.420. The molecule has 0 amide bonds. The molecule has 2 rings (SSSR count). The van der Waals surface area contributed by atoms with Gasteiger partial charge in [-0.2, -0.15) is 0 Å². The van der Waals surface area contributed by atoms with Crippen molar-refractivity contribution in [2.75, 3.05) is 59.2 Å². The summed E-state index contributed by atoms with van der Waals surface area (Å²) in [6.45, 7) is 11.7. The van der Waals surface area contributed by atoms with Crippen LogP contribution in [0.25, 0.3) is 0 Å². The lowest BCUT2D eigenvalue weighted by Gasteiger charge is -2.28. The first kappa shape index (κ1) is 12.0. The minimum Gasteiger partial charge on any atom is -0.379 e. The van der Waals surface area contributed by atoms with Crippen LogP contribution < -0.4 is 5.32 Å². The van der Waals surface area contributed by atoms with Crippen molar-refractivity contribution in [3.63, 3.8) is 0 Å². The summed E-state index contributed by atoms with van der Waals surface area (Å²) < 4.78 is 5.37. The lowest BCUT2D eigenvalue weighted by molar-refractivity contribution is 0.0416. The molecule has 2 aliphatic rings. The molecule has 16 heavy (non-hydrogen) atoms. The van der Waals surface area contributed by atoms with Gasteiger partial charge in [0, 0.05) is 45.9 Å². The molecule has 92 valence electrons. The SMILES string of the molecule is CC=C(CN1CCOCC1)CN1CCNC1. The first-order valence-corrected chi connectivity index (χ1v) is 6.25. The third kappa shape index (κ3) is 3.56. The van der Waals surface area contributed by atoms with E-state index in [9.17, 15) is 0 Å². The topological polar surface area (TPSA) is 27.7 Å². The first-order chi connectivity index (χ1) is 7.88. The van der Waals surface area contributed by atoms with E-state index in [-0.39, 0.29) is 0 Å². The summed E-state index contributed by atoms with van der Waals surface area (Å²) >= 11 is 0. The molecule has 4 nitrogen and oxygen atoms in total. The second kappa shape index (κ2) is 6.35. The Morgan fingerprint density at radius 1 is 1.19 bits per heavy atom. The minimum absolute atomic E-state index is 0.891. The summed E-state index contributed by atoms with van der Waals surface area (Å²) in [5, 5.41) is 3.37. The van der Waals surface area contributed by atoms with Gasteiger partial charge in [0.25, 0.3) is 0 Å². The number of morpholine rings is 1. The van der Waals surface area contributed by atoms with Crippen molar-refractivity contribution in [2.45, 2.75) is 6.92 Å². The number of hydrogen-bond donors (Lipinski definition) is 1. The summed E-state index contributed by atoms with van der Waals surface area (Å²) in [4.78, 5) is 4.96. The van der Waals surface area contributed by atoms with Crippen molar-refractivity contribution in [1.29, 1.82) is 0 Å². The maximum absolute atomic E-state index is 5.37. The molecule has 2 aliphatic heterocycles. The Morgan fingerprint density at radius 2 is 1.94 bits per heavy atom. The number of hydrogen-bond acceptors (Lipinski definition) is 4. The molecule has 0 saturated carbocycles. The predicted octanol–water partition coefficient (Wildman–Crippen LogP) is 0.128. The molecule has 0 aromatic heterocycles. The van der Waals surface area contributed by atoms with Gasteiger partial charge in [-0.15, -0.1) is 0 Å². The number of nitrogens with zero attached hydrogens (tertiary/aromatic N) is 2. The molecule has 2 fully saturated rings. The summed E-state index contributed by atoms with van der Waals surface area (Å²) in [5.74, 6) is 0. The van der Waals surface area contributed by atoms with Crippen molar-refractivity contribution in [3.05, 3.63) is 11.6 Å². The Morgan fingerprint density at radius 3 is 2.56 bits per heavy atom. The van der Waals surface area contributed by atoms with E-state index in [1.54, 1.807) is 0 Å². The van der Waals surface area contributed by atoms with Gasteiger partial charge in [0.2, 0.25) is 0 Å². The van der Waals surface area contributed by atoms with Gasteiger partial charge in [-0.3, -0.25) is 9.80 Å². The summed E-state index contributed by atoms with van der Waals surface area (Å²) in [7, 11) is 0. The van der Waals surface area contributed by atoms with Crippen LogP contribution >= 0.6 is 0 Å². The van der Waals surface area contributed by atoms with Gasteiger partial charge < -0.3 is 10.1 Å². The van der Waals surface area contributed by atoms with E-state index in [1.807, 2.05) is 0 Å². The highest BCUT2D eigenvalue weighted by Crippen LogP contribution is 2.06. The number of allylic oxidation sites excluding steroid dienone is 1. The molecule has 2 heterocycles. The fraction of sp³-hybridized carbons (Fsp3) is 0.833. The zero-order chi connectivity index (χ0) is 11.2. The molecule has 0 unspecified atom stereocenters. The van der Waals surface area contributed by atoms with Gasteiger partial charge >= 0.3 is 0 Å². The molecule has 0 atom stereocenters. The van der Waals surface area contributed by atoms with E-state index < -0.39 is 0 Å². The minimum atomic E-state index is 0.891. The smallest absolute Gasteiger partial charge is 0.0594 e. The highest BCUT2D eigenvalue weighted by atomic mass is 16.5. The molecule has 4 heteroatoms. The second-order valence-electron chi connectivity index (χ2n) is 4.55. The summed E-state index contributed by atoms with van der Waals surface area (Å²) in [6.07, 6.45) is 2.27. The maximum atomic E-state index is 5.37. The monoisotopic (exact) mass is 225 g/mol. The average molecular weight is 225 g/mol. The maximum Gasteiger partial charge on any atom is 0.0594 e. The average Bonchev–Trinajstić information content (AvgIpc) is 2.82. The number of rotatable bonds is 4. The molecular weight excluding hydrogens is 202 g/mol. The van der Waals surface area contributed by atoms with Crippen molar-refractivity contribution in [1.82, 2.24) is 15.1 Å². The van der Waals surface area contributed by atoms with E-state index in [0.29, 0.717) is 0 Å². The molecule has 0 aliphatic carbocycles. The van der Waals surface area contributed by atoms with Crippen molar-refractivity contribution < 1.29 is 4.74 Å². The summed E-state index contributed by atoms with van der Waals surface area (Å²) in [6, 6.07) is 0. The Balaban J connectivity index is 1.75. The standard InChI is InChI=1S/C12H23N3O/c1-2-12(10-15-4-3-13-11-15)9-14-5-7-16-8-6-14/h2,13H,3-11H2,1H3. The Kier molecular flexibility index (Phi) is 4.78. The molecule has 0 radical (unpaired) electrons. The van der Waals surface area contributed by atoms with Crippen molar-refractivity contribution in [2.24, 2.45) is 0 Å². The van der Waals surface area contributed by atoms with Gasteiger partial charge in [0.1, 0.15) is 0 Å². The fourth-order valence-electron chi connectivity index (χ4n) is 2.25. The highest BCUT2D eigenvalue weighted by molar-refractivity contribution is 5.06. The lowest BCUT2D eigenvalue weighted by Crippen LogP contribution is -2.39. The first-order valence-electron chi connectivity index (χ1n) is 6.25. The van der Waals surface area contributed by atoms with Gasteiger partial charge in [-0.25, -0.2) is 0 Å². The van der Waals surface area contributed by atoms with Crippen molar-refractivity contribution >= 4 is 0 Å². The molecule has 2 saturated heterocycles. The molecule has 0 aromatic carbocycles. The van der Waals surface area contributed by atoms with Crippen LogP contribution in [0.2, 0.25) is 0 Å². The Bertz CT molecular complexity index is 230. The van der Waals surface area contributed by atoms with Crippen LogP contribution in [-0.4, -0.2) is 69.0 Å². The van der Waals surface area contributed by atoms with E-state index in [1.165, 1.54) is 12.1 Å². The molecule has 0 bridgehead atoms. The van der Waals surface area contributed by atoms with E-state index >= 15 is 0 Å². The summed E-state index contributed by atoms with van der Waals surface area (Å²) in [5.41, 5.74) is 1.53. The quantitative estimate of drug-likeness (QED) is 0.688. The third-order valence-corrected chi connectivity index (χ3v) is 3.31. The van der Waals surface area contributed by atoms with E-state index in [0.717, 1.165) is 52.6 Å². The van der Waals surface area contributed by atoms with Crippen LogP contribution in [0.15, 0.2) is 11.6 Å². The molecule has 0 aromatic rings. The Labute approximate surface area is 98.2 Å². The lowest BCUT2D eigenvalue weighted by atomic mass is 10.2. The third-order valence-electron chi connectivity index (χ3n) is 3.31. The normalized spacial score (nSPS) is 25.2. The zero-order valence-electron chi connectivity index (χ0n) is 10.2. The zero-order valence-corrected chi connectivity index (χ0v) is 10.2.